The van der Waals surface area contributed by atoms with Gasteiger partial charge in [0.1, 0.15) is 19.0 Å². The van der Waals surface area contributed by atoms with Crippen LogP contribution in [0.15, 0.2) is 36.4 Å². The van der Waals surface area contributed by atoms with Gasteiger partial charge in [0, 0.05) is 5.69 Å². The summed E-state index contributed by atoms with van der Waals surface area (Å²) in [5.74, 6) is 0.982. The minimum absolute atomic E-state index is 0.0852. The molecule has 128 valence electrons. The van der Waals surface area contributed by atoms with Crippen molar-refractivity contribution in [1.29, 1.82) is 0 Å². The SMILES string of the molecule is O=C1Nc2ccc(F)cc2[C@@]12CCN[C@H]2c1ccc2c(c1)OCCO2. The van der Waals surface area contributed by atoms with E-state index in [1.54, 1.807) is 6.07 Å². The molecule has 1 spiro atoms. The molecule has 0 aromatic heterocycles. The highest BCUT2D eigenvalue weighted by Gasteiger charge is 2.55. The summed E-state index contributed by atoms with van der Waals surface area (Å²) in [5.41, 5.74) is 1.55. The van der Waals surface area contributed by atoms with Crippen molar-refractivity contribution in [2.75, 3.05) is 25.1 Å². The van der Waals surface area contributed by atoms with Gasteiger partial charge in [0.15, 0.2) is 11.5 Å². The maximum atomic E-state index is 13.9. The van der Waals surface area contributed by atoms with Gasteiger partial charge in [0.05, 0.1) is 11.5 Å². The van der Waals surface area contributed by atoms with E-state index in [4.69, 9.17) is 9.47 Å². The van der Waals surface area contributed by atoms with E-state index in [0.717, 1.165) is 11.1 Å². The van der Waals surface area contributed by atoms with Crippen LogP contribution in [0, 0.1) is 5.82 Å². The maximum absolute atomic E-state index is 13.9. The average molecular weight is 340 g/mol. The number of hydrogen-bond donors (Lipinski definition) is 2. The molecule has 3 heterocycles. The molecular weight excluding hydrogens is 323 g/mol. The molecule has 25 heavy (non-hydrogen) atoms. The Morgan fingerprint density at radius 1 is 1.08 bits per heavy atom. The molecule has 3 aliphatic rings. The summed E-state index contributed by atoms with van der Waals surface area (Å²) in [6, 6.07) is 9.98. The summed E-state index contributed by atoms with van der Waals surface area (Å²) in [7, 11) is 0. The Balaban J connectivity index is 1.63. The van der Waals surface area contributed by atoms with E-state index in [1.165, 1.54) is 12.1 Å². The Hall–Kier alpha value is -2.60. The van der Waals surface area contributed by atoms with E-state index >= 15 is 0 Å². The topological polar surface area (TPSA) is 59.6 Å². The summed E-state index contributed by atoms with van der Waals surface area (Å²) in [6.45, 7) is 1.73. The van der Waals surface area contributed by atoms with Crippen molar-refractivity contribution in [3.8, 4) is 11.5 Å². The fraction of sp³-hybridized carbons (Fsp3) is 0.316. The number of halogens is 1. The van der Waals surface area contributed by atoms with Gasteiger partial charge >= 0.3 is 0 Å². The molecule has 5 nitrogen and oxygen atoms in total. The highest BCUT2D eigenvalue weighted by atomic mass is 19.1. The van der Waals surface area contributed by atoms with Gasteiger partial charge in [-0.15, -0.1) is 0 Å². The van der Waals surface area contributed by atoms with Gasteiger partial charge in [-0.1, -0.05) is 6.07 Å². The van der Waals surface area contributed by atoms with Crippen molar-refractivity contribution in [3.05, 3.63) is 53.3 Å². The molecule has 0 saturated carbocycles. The van der Waals surface area contributed by atoms with Crippen LogP contribution in [0.1, 0.15) is 23.6 Å². The Labute approximate surface area is 144 Å². The molecule has 3 aliphatic heterocycles. The summed E-state index contributed by atoms with van der Waals surface area (Å²) in [4.78, 5) is 12.9. The van der Waals surface area contributed by atoms with Crippen LogP contribution in [-0.4, -0.2) is 25.7 Å². The largest absolute Gasteiger partial charge is 0.486 e. The smallest absolute Gasteiger partial charge is 0.237 e. The van der Waals surface area contributed by atoms with Crippen molar-refractivity contribution in [3.63, 3.8) is 0 Å². The first-order chi connectivity index (χ1) is 12.2. The molecule has 1 saturated heterocycles. The fourth-order valence-corrected chi connectivity index (χ4v) is 4.26. The van der Waals surface area contributed by atoms with Gasteiger partial charge in [-0.05, 0) is 54.4 Å². The number of amides is 1. The predicted octanol–water partition coefficient (Wildman–Crippen LogP) is 2.52. The van der Waals surface area contributed by atoms with Crippen LogP contribution in [0.3, 0.4) is 0 Å². The fourth-order valence-electron chi connectivity index (χ4n) is 4.26. The lowest BCUT2D eigenvalue weighted by Gasteiger charge is -2.30. The zero-order valence-corrected chi connectivity index (χ0v) is 13.5. The summed E-state index contributed by atoms with van der Waals surface area (Å²) >= 11 is 0. The zero-order chi connectivity index (χ0) is 17.0. The van der Waals surface area contributed by atoms with Crippen LogP contribution in [-0.2, 0) is 10.2 Å². The maximum Gasteiger partial charge on any atom is 0.237 e. The zero-order valence-electron chi connectivity index (χ0n) is 13.5. The van der Waals surface area contributed by atoms with Crippen molar-refractivity contribution in [2.45, 2.75) is 17.9 Å². The second-order valence-corrected chi connectivity index (χ2v) is 6.66. The second-order valence-electron chi connectivity index (χ2n) is 6.66. The second kappa shape index (κ2) is 5.20. The first-order valence-electron chi connectivity index (χ1n) is 8.43. The third-order valence-corrected chi connectivity index (χ3v) is 5.38. The molecule has 1 amide bonds. The predicted molar refractivity (Wildman–Crippen MR) is 89.5 cm³/mol. The monoisotopic (exact) mass is 340 g/mol. The van der Waals surface area contributed by atoms with Crippen LogP contribution in [0.25, 0.3) is 0 Å². The number of anilines is 1. The van der Waals surface area contributed by atoms with Crippen LogP contribution in [0.5, 0.6) is 11.5 Å². The molecule has 2 N–H and O–H groups in total. The molecule has 0 bridgehead atoms. The number of ether oxygens (including phenoxy) is 2. The lowest BCUT2D eigenvalue weighted by Crippen LogP contribution is -2.39. The molecule has 0 unspecified atom stereocenters. The van der Waals surface area contributed by atoms with E-state index in [0.29, 0.717) is 43.4 Å². The molecule has 1 fully saturated rings. The Morgan fingerprint density at radius 2 is 1.92 bits per heavy atom. The lowest BCUT2D eigenvalue weighted by molar-refractivity contribution is -0.121. The van der Waals surface area contributed by atoms with Crippen LogP contribution >= 0.6 is 0 Å². The molecule has 0 aliphatic carbocycles. The van der Waals surface area contributed by atoms with Crippen molar-refractivity contribution >= 4 is 11.6 Å². The Morgan fingerprint density at radius 3 is 2.80 bits per heavy atom. The third kappa shape index (κ3) is 2.00. The van der Waals surface area contributed by atoms with Gasteiger partial charge in [0.2, 0.25) is 5.91 Å². The summed E-state index contributed by atoms with van der Waals surface area (Å²) in [6.07, 6.45) is 0.619. The quantitative estimate of drug-likeness (QED) is 0.838. The molecule has 5 rings (SSSR count). The number of nitrogens with one attached hydrogen (secondary N) is 2. The van der Waals surface area contributed by atoms with Crippen molar-refractivity contribution in [2.24, 2.45) is 0 Å². The Kier molecular flexibility index (Phi) is 3.06. The number of hydrogen-bond acceptors (Lipinski definition) is 4. The van der Waals surface area contributed by atoms with Gasteiger partial charge in [-0.3, -0.25) is 4.79 Å². The third-order valence-electron chi connectivity index (χ3n) is 5.38. The average Bonchev–Trinajstić information content (AvgIpc) is 3.19. The number of fused-ring (bicyclic) bond motifs is 3. The van der Waals surface area contributed by atoms with E-state index in [-0.39, 0.29) is 17.8 Å². The van der Waals surface area contributed by atoms with Crippen LogP contribution in [0.4, 0.5) is 10.1 Å². The summed E-state index contributed by atoms with van der Waals surface area (Å²) in [5, 5.41) is 6.34. The van der Waals surface area contributed by atoms with Crippen molar-refractivity contribution in [1.82, 2.24) is 5.32 Å². The van der Waals surface area contributed by atoms with E-state index < -0.39 is 5.41 Å². The molecule has 6 heteroatoms. The van der Waals surface area contributed by atoms with E-state index in [9.17, 15) is 9.18 Å². The molecule has 2 aromatic carbocycles. The number of carbonyl (C=O) groups excluding carboxylic acids is 1. The number of benzene rings is 2. The molecule has 2 aromatic rings. The normalized spacial score (nSPS) is 26.6. The van der Waals surface area contributed by atoms with Crippen LogP contribution < -0.4 is 20.1 Å². The van der Waals surface area contributed by atoms with Gasteiger partial charge < -0.3 is 20.1 Å². The Bertz CT molecular complexity index is 885. The highest BCUT2D eigenvalue weighted by Crippen LogP contribution is 2.51. The van der Waals surface area contributed by atoms with Gasteiger partial charge in [-0.25, -0.2) is 4.39 Å². The van der Waals surface area contributed by atoms with E-state index in [2.05, 4.69) is 10.6 Å². The molecule has 0 radical (unpaired) electrons. The summed E-state index contributed by atoms with van der Waals surface area (Å²) < 4.78 is 25.1. The first-order valence-corrected chi connectivity index (χ1v) is 8.43. The number of rotatable bonds is 1. The lowest BCUT2D eigenvalue weighted by atomic mass is 9.73. The highest BCUT2D eigenvalue weighted by molar-refractivity contribution is 6.07. The first kappa shape index (κ1) is 14.7. The van der Waals surface area contributed by atoms with Gasteiger partial charge in [-0.2, -0.15) is 0 Å². The number of carbonyl (C=O) groups is 1. The molecule has 2 atom stereocenters. The van der Waals surface area contributed by atoms with Crippen LogP contribution in [0.2, 0.25) is 0 Å². The minimum Gasteiger partial charge on any atom is -0.486 e. The minimum atomic E-state index is -0.804. The van der Waals surface area contributed by atoms with Gasteiger partial charge in [0.25, 0.3) is 0 Å². The molecular formula is C19H17FN2O3. The van der Waals surface area contributed by atoms with E-state index in [1.807, 2.05) is 18.2 Å². The standard InChI is InChI=1S/C19H17FN2O3/c20-12-2-3-14-13(10-12)19(18(23)22-14)5-6-21-17(19)11-1-4-15-16(9-11)25-8-7-24-15/h1-4,9-10,17,21H,5-8H2,(H,22,23)/t17-,19+/m0/s1. The van der Waals surface area contributed by atoms with Crippen molar-refractivity contribution < 1.29 is 18.7 Å².